The first-order valence-corrected chi connectivity index (χ1v) is 8.09. The van der Waals surface area contributed by atoms with Crippen molar-refractivity contribution in [3.05, 3.63) is 70.8 Å². The fourth-order valence-electron chi connectivity index (χ4n) is 3.09. The SMILES string of the molecule is Cc1cccc(-c2cc(-c3cccc(C)c3C)c(O)cc2O)c1C. The summed E-state index contributed by atoms with van der Waals surface area (Å²) in [6.07, 6.45) is 0. The van der Waals surface area contributed by atoms with Crippen LogP contribution in [0.15, 0.2) is 48.5 Å². The van der Waals surface area contributed by atoms with Crippen LogP contribution in [0.5, 0.6) is 11.5 Å². The van der Waals surface area contributed by atoms with Gasteiger partial charge in [0.15, 0.2) is 0 Å². The Balaban J connectivity index is 2.27. The van der Waals surface area contributed by atoms with Crippen LogP contribution in [0.25, 0.3) is 22.3 Å². The zero-order valence-corrected chi connectivity index (χ0v) is 14.5. The van der Waals surface area contributed by atoms with Gasteiger partial charge in [-0.2, -0.15) is 0 Å². The van der Waals surface area contributed by atoms with Crippen molar-refractivity contribution in [2.45, 2.75) is 27.7 Å². The molecule has 122 valence electrons. The molecule has 3 aromatic carbocycles. The van der Waals surface area contributed by atoms with E-state index in [1.165, 1.54) is 17.2 Å². The maximum Gasteiger partial charge on any atom is 0.127 e. The van der Waals surface area contributed by atoms with Gasteiger partial charge in [0.05, 0.1) is 0 Å². The van der Waals surface area contributed by atoms with Crippen molar-refractivity contribution in [1.29, 1.82) is 0 Å². The number of aryl methyl sites for hydroxylation is 2. The van der Waals surface area contributed by atoms with E-state index in [-0.39, 0.29) is 11.5 Å². The van der Waals surface area contributed by atoms with E-state index in [1.54, 1.807) is 0 Å². The molecule has 3 rings (SSSR count). The smallest absolute Gasteiger partial charge is 0.127 e. The van der Waals surface area contributed by atoms with Crippen molar-refractivity contribution < 1.29 is 10.2 Å². The fourth-order valence-corrected chi connectivity index (χ4v) is 3.09. The van der Waals surface area contributed by atoms with E-state index in [0.29, 0.717) is 0 Å². The molecule has 0 aliphatic heterocycles. The van der Waals surface area contributed by atoms with Crippen molar-refractivity contribution in [3.63, 3.8) is 0 Å². The van der Waals surface area contributed by atoms with Crippen LogP contribution in [-0.4, -0.2) is 10.2 Å². The molecular formula is C22H22O2. The first kappa shape index (κ1) is 16.1. The first-order valence-electron chi connectivity index (χ1n) is 8.09. The van der Waals surface area contributed by atoms with Crippen LogP contribution < -0.4 is 0 Å². The normalized spacial score (nSPS) is 10.8. The summed E-state index contributed by atoms with van der Waals surface area (Å²) in [5.41, 5.74) is 8.06. The Labute approximate surface area is 143 Å². The molecule has 2 heteroatoms. The number of phenols is 2. The molecule has 0 aliphatic carbocycles. The fraction of sp³-hybridized carbons (Fsp3) is 0.182. The predicted molar refractivity (Wildman–Crippen MR) is 99.6 cm³/mol. The van der Waals surface area contributed by atoms with E-state index in [4.69, 9.17) is 0 Å². The summed E-state index contributed by atoms with van der Waals surface area (Å²) in [6.45, 7) is 8.22. The van der Waals surface area contributed by atoms with Crippen LogP contribution in [0.2, 0.25) is 0 Å². The third-order valence-corrected chi connectivity index (χ3v) is 4.90. The second kappa shape index (κ2) is 6.04. The average Bonchev–Trinajstić information content (AvgIpc) is 2.54. The van der Waals surface area contributed by atoms with Crippen molar-refractivity contribution >= 4 is 0 Å². The topological polar surface area (TPSA) is 40.5 Å². The summed E-state index contributed by atoms with van der Waals surface area (Å²) in [7, 11) is 0. The van der Waals surface area contributed by atoms with Crippen LogP contribution in [0, 0.1) is 27.7 Å². The van der Waals surface area contributed by atoms with E-state index >= 15 is 0 Å². The number of benzene rings is 3. The van der Waals surface area contributed by atoms with Gasteiger partial charge >= 0.3 is 0 Å². The van der Waals surface area contributed by atoms with Gasteiger partial charge < -0.3 is 10.2 Å². The zero-order valence-electron chi connectivity index (χ0n) is 14.5. The third-order valence-electron chi connectivity index (χ3n) is 4.90. The van der Waals surface area contributed by atoms with Crippen LogP contribution >= 0.6 is 0 Å². The van der Waals surface area contributed by atoms with Gasteiger partial charge in [-0.3, -0.25) is 0 Å². The molecule has 0 spiro atoms. The van der Waals surface area contributed by atoms with Gasteiger partial charge in [-0.05, 0) is 67.1 Å². The van der Waals surface area contributed by atoms with Gasteiger partial charge in [0.25, 0.3) is 0 Å². The zero-order chi connectivity index (χ0) is 17.4. The number of hydrogen-bond acceptors (Lipinski definition) is 2. The molecular weight excluding hydrogens is 296 g/mol. The van der Waals surface area contributed by atoms with Crippen molar-refractivity contribution in [2.24, 2.45) is 0 Å². The molecule has 0 bridgehead atoms. The number of aromatic hydroxyl groups is 2. The molecule has 0 aliphatic rings. The summed E-state index contributed by atoms with van der Waals surface area (Å²) in [5, 5.41) is 20.8. The summed E-state index contributed by atoms with van der Waals surface area (Å²) >= 11 is 0. The lowest BCUT2D eigenvalue weighted by Crippen LogP contribution is -1.91. The van der Waals surface area contributed by atoms with Gasteiger partial charge in [0.1, 0.15) is 11.5 Å². The maximum absolute atomic E-state index is 10.4. The number of rotatable bonds is 2. The Bertz CT molecular complexity index is 851. The highest BCUT2D eigenvalue weighted by Crippen LogP contribution is 2.42. The Morgan fingerprint density at radius 2 is 0.958 bits per heavy atom. The van der Waals surface area contributed by atoms with Crippen LogP contribution in [-0.2, 0) is 0 Å². The van der Waals surface area contributed by atoms with Gasteiger partial charge in [-0.15, -0.1) is 0 Å². The Morgan fingerprint density at radius 3 is 1.38 bits per heavy atom. The van der Waals surface area contributed by atoms with Crippen LogP contribution in [0.1, 0.15) is 22.3 Å². The maximum atomic E-state index is 10.4. The van der Waals surface area contributed by atoms with Gasteiger partial charge in [0, 0.05) is 17.2 Å². The van der Waals surface area contributed by atoms with Gasteiger partial charge in [0.2, 0.25) is 0 Å². The van der Waals surface area contributed by atoms with E-state index in [2.05, 4.69) is 39.8 Å². The second-order valence-electron chi connectivity index (χ2n) is 6.38. The minimum Gasteiger partial charge on any atom is -0.507 e. The molecule has 0 saturated heterocycles. The quantitative estimate of drug-likeness (QED) is 0.639. The summed E-state index contributed by atoms with van der Waals surface area (Å²) in [5.74, 6) is 0.186. The predicted octanol–water partition coefficient (Wildman–Crippen LogP) is 5.67. The molecule has 0 aromatic heterocycles. The van der Waals surface area contributed by atoms with E-state index in [9.17, 15) is 10.2 Å². The van der Waals surface area contributed by atoms with Gasteiger partial charge in [-0.1, -0.05) is 36.4 Å². The third kappa shape index (κ3) is 2.65. The van der Waals surface area contributed by atoms with Crippen molar-refractivity contribution in [2.75, 3.05) is 0 Å². The molecule has 0 atom stereocenters. The minimum atomic E-state index is 0.0928. The number of phenolic OH excluding ortho intramolecular Hbond substituents is 2. The van der Waals surface area contributed by atoms with Crippen LogP contribution in [0.3, 0.4) is 0 Å². The summed E-state index contributed by atoms with van der Waals surface area (Å²) < 4.78 is 0. The van der Waals surface area contributed by atoms with Gasteiger partial charge in [-0.25, -0.2) is 0 Å². The molecule has 24 heavy (non-hydrogen) atoms. The lowest BCUT2D eigenvalue weighted by molar-refractivity contribution is 0.453. The number of hydrogen-bond donors (Lipinski definition) is 2. The lowest BCUT2D eigenvalue weighted by atomic mass is 9.91. The second-order valence-corrected chi connectivity index (χ2v) is 6.38. The molecule has 0 amide bonds. The van der Waals surface area contributed by atoms with Crippen molar-refractivity contribution in [3.8, 4) is 33.8 Å². The molecule has 3 aromatic rings. The van der Waals surface area contributed by atoms with Crippen LogP contribution in [0.4, 0.5) is 0 Å². The van der Waals surface area contributed by atoms with Crippen molar-refractivity contribution in [1.82, 2.24) is 0 Å². The lowest BCUT2D eigenvalue weighted by Gasteiger charge is -2.15. The Morgan fingerprint density at radius 1 is 0.542 bits per heavy atom. The molecule has 0 saturated carbocycles. The molecule has 0 unspecified atom stereocenters. The van der Waals surface area contributed by atoms with E-state index in [0.717, 1.165) is 33.4 Å². The molecule has 2 nitrogen and oxygen atoms in total. The minimum absolute atomic E-state index is 0.0928. The average molecular weight is 318 g/mol. The molecule has 2 N–H and O–H groups in total. The molecule has 0 fully saturated rings. The highest BCUT2D eigenvalue weighted by Gasteiger charge is 2.15. The summed E-state index contributed by atoms with van der Waals surface area (Å²) in [6, 6.07) is 15.4. The first-order chi connectivity index (χ1) is 11.4. The highest BCUT2D eigenvalue weighted by molar-refractivity contribution is 5.84. The van der Waals surface area contributed by atoms with E-state index in [1.807, 2.05) is 30.3 Å². The highest BCUT2D eigenvalue weighted by atomic mass is 16.3. The standard InChI is InChI=1S/C22H22O2/c1-13-7-5-9-17(15(13)3)19-11-20(22(24)12-21(19)23)18-10-6-8-14(2)16(18)4/h5-12,23-24H,1-4H3. The molecule has 0 heterocycles. The summed E-state index contributed by atoms with van der Waals surface area (Å²) in [4.78, 5) is 0. The Kier molecular flexibility index (Phi) is 4.06. The largest absolute Gasteiger partial charge is 0.507 e. The Hall–Kier alpha value is -2.74. The molecule has 0 radical (unpaired) electrons. The monoisotopic (exact) mass is 318 g/mol. The van der Waals surface area contributed by atoms with E-state index < -0.39 is 0 Å².